The summed E-state index contributed by atoms with van der Waals surface area (Å²) in [5.41, 5.74) is 2.52. The molecule has 1 heterocycles. The van der Waals surface area contributed by atoms with Crippen molar-refractivity contribution in [3.8, 4) is 0 Å². The Bertz CT molecular complexity index is 496. The summed E-state index contributed by atoms with van der Waals surface area (Å²) < 4.78 is 22.7. The van der Waals surface area contributed by atoms with Crippen molar-refractivity contribution in [2.75, 3.05) is 11.5 Å². The molecule has 1 fully saturated rings. The zero-order valence-electron chi connectivity index (χ0n) is 11.0. The standard InChI is InChI=1S/C14H21NO2S/c1-11-4-3-5-13(10-11)12(2)15-14-6-8-18(16,17)9-7-14/h3-5,10,12,14-15H,6-9H2,1-2H3. The topological polar surface area (TPSA) is 46.2 Å². The molecule has 1 aromatic carbocycles. The van der Waals surface area contributed by atoms with Gasteiger partial charge in [0.25, 0.3) is 0 Å². The van der Waals surface area contributed by atoms with Gasteiger partial charge >= 0.3 is 0 Å². The van der Waals surface area contributed by atoms with Gasteiger partial charge in [0.05, 0.1) is 11.5 Å². The van der Waals surface area contributed by atoms with Crippen LogP contribution in [0, 0.1) is 6.92 Å². The second-order valence-electron chi connectivity index (χ2n) is 5.23. The molecule has 1 N–H and O–H groups in total. The van der Waals surface area contributed by atoms with E-state index in [0.29, 0.717) is 17.5 Å². The number of nitrogens with one attached hydrogen (secondary N) is 1. The highest BCUT2D eigenvalue weighted by Crippen LogP contribution is 2.19. The zero-order chi connectivity index (χ0) is 13.2. The molecule has 0 bridgehead atoms. The SMILES string of the molecule is Cc1cccc(C(C)NC2CCS(=O)(=O)CC2)c1. The number of hydrogen-bond acceptors (Lipinski definition) is 3. The van der Waals surface area contributed by atoms with Crippen molar-refractivity contribution < 1.29 is 8.42 Å². The first-order valence-electron chi connectivity index (χ1n) is 6.49. The first-order chi connectivity index (χ1) is 8.46. The molecular weight excluding hydrogens is 246 g/mol. The number of aryl methyl sites for hydroxylation is 1. The summed E-state index contributed by atoms with van der Waals surface area (Å²) in [7, 11) is -2.76. The van der Waals surface area contributed by atoms with Crippen molar-refractivity contribution in [3.63, 3.8) is 0 Å². The summed E-state index contributed by atoms with van der Waals surface area (Å²) in [5, 5.41) is 3.54. The summed E-state index contributed by atoms with van der Waals surface area (Å²) in [5.74, 6) is 0.649. The molecule has 1 unspecified atom stereocenters. The molecule has 1 saturated heterocycles. The van der Waals surface area contributed by atoms with Crippen molar-refractivity contribution in [2.45, 2.75) is 38.8 Å². The van der Waals surface area contributed by atoms with E-state index in [4.69, 9.17) is 0 Å². The second-order valence-corrected chi connectivity index (χ2v) is 7.53. The van der Waals surface area contributed by atoms with E-state index in [9.17, 15) is 8.42 Å². The average Bonchev–Trinajstić information content (AvgIpc) is 2.32. The summed E-state index contributed by atoms with van der Waals surface area (Å²) in [6.45, 7) is 4.22. The lowest BCUT2D eigenvalue weighted by molar-refractivity contribution is 0.420. The van der Waals surface area contributed by atoms with Crippen molar-refractivity contribution in [1.82, 2.24) is 5.32 Å². The summed E-state index contributed by atoms with van der Waals surface area (Å²) >= 11 is 0. The van der Waals surface area contributed by atoms with Crippen LogP contribution >= 0.6 is 0 Å². The first kappa shape index (κ1) is 13.6. The minimum atomic E-state index is -2.76. The van der Waals surface area contributed by atoms with Gasteiger partial charge in [-0.15, -0.1) is 0 Å². The molecule has 100 valence electrons. The van der Waals surface area contributed by atoms with E-state index < -0.39 is 9.84 Å². The Balaban J connectivity index is 1.94. The quantitative estimate of drug-likeness (QED) is 0.913. The van der Waals surface area contributed by atoms with Crippen LogP contribution in [0.15, 0.2) is 24.3 Å². The molecule has 1 atom stereocenters. The summed E-state index contributed by atoms with van der Waals surface area (Å²) in [6, 6.07) is 9.04. The van der Waals surface area contributed by atoms with Gasteiger partial charge in [-0.05, 0) is 32.3 Å². The maximum Gasteiger partial charge on any atom is 0.150 e. The van der Waals surface area contributed by atoms with Crippen molar-refractivity contribution >= 4 is 9.84 Å². The number of hydrogen-bond donors (Lipinski definition) is 1. The van der Waals surface area contributed by atoms with Crippen LogP contribution < -0.4 is 5.32 Å². The average molecular weight is 267 g/mol. The lowest BCUT2D eigenvalue weighted by atomic mass is 10.0. The molecule has 1 aliphatic heterocycles. The molecule has 1 aliphatic rings. The number of sulfone groups is 1. The highest BCUT2D eigenvalue weighted by Gasteiger charge is 2.24. The molecule has 1 aromatic rings. The zero-order valence-corrected chi connectivity index (χ0v) is 11.8. The molecular formula is C14H21NO2S. The molecule has 0 saturated carbocycles. The third-order valence-corrected chi connectivity index (χ3v) is 5.30. The fraction of sp³-hybridized carbons (Fsp3) is 0.571. The van der Waals surface area contributed by atoms with Gasteiger partial charge in [-0.25, -0.2) is 8.42 Å². The molecule has 3 nitrogen and oxygen atoms in total. The predicted molar refractivity (Wildman–Crippen MR) is 74.4 cm³/mol. The van der Waals surface area contributed by atoms with Gasteiger partial charge in [-0.1, -0.05) is 29.8 Å². The monoisotopic (exact) mass is 267 g/mol. The van der Waals surface area contributed by atoms with Crippen molar-refractivity contribution in [1.29, 1.82) is 0 Å². The number of benzene rings is 1. The highest BCUT2D eigenvalue weighted by atomic mass is 32.2. The first-order valence-corrected chi connectivity index (χ1v) is 8.31. The van der Waals surface area contributed by atoms with Gasteiger partial charge in [0.15, 0.2) is 0 Å². The van der Waals surface area contributed by atoms with Crippen LogP contribution in [0.4, 0.5) is 0 Å². The Morgan fingerprint density at radius 3 is 2.56 bits per heavy atom. The summed E-state index contributed by atoms with van der Waals surface area (Å²) in [4.78, 5) is 0. The van der Waals surface area contributed by atoms with Crippen molar-refractivity contribution in [3.05, 3.63) is 35.4 Å². The van der Waals surface area contributed by atoms with Crippen LogP contribution in [0.3, 0.4) is 0 Å². The van der Waals surface area contributed by atoms with E-state index in [-0.39, 0.29) is 6.04 Å². The van der Waals surface area contributed by atoms with Crippen LogP contribution in [-0.2, 0) is 9.84 Å². The largest absolute Gasteiger partial charge is 0.307 e. The smallest absolute Gasteiger partial charge is 0.150 e. The molecule has 18 heavy (non-hydrogen) atoms. The van der Waals surface area contributed by atoms with Gasteiger partial charge in [-0.3, -0.25) is 0 Å². The predicted octanol–water partition coefficient (Wildman–Crippen LogP) is 2.22. The van der Waals surface area contributed by atoms with Gasteiger partial charge in [-0.2, -0.15) is 0 Å². The molecule has 0 radical (unpaired) electrons. The molecule has 4 heteroatoms. The van der Waals surface area contributed by atoms with Crippen LogP contribution in [-0.4, -0.2) is 26.0 Å². The van der Waals surface area contributed by atoms with E-state index in [2.05, 4.69) is 43.4 Å². The van der Waals surface area contributed by atoms with E-state index in [1.54, 1.807) is 0 Å². The van der Waals surface area contributed by atoms with Gasteiger partial charge < -0.3 is 5.32 Å². The molecule has 0 aromatic heterocycles. The van der Waals surface area contributed by atoms with Crippen LogP contribution in [0.25, 0.3) is 0 Å². The van der Waals surface area contributed by atoms with Gasteiger partial charge in [0.2, 0.25) is 0 Å². The lowest BCUT2D eigenvalue weighted by Gasteiger charge is -2.27. The Kier molecular flexibility index (Phi) is 4.07. The molecule has 0 amide bonds. The van der Waals surface area contributed by atoms with Crippen LogP contribution in [0.5, 0.6) is 0 Å². The maximum absolute atomic E-state index is 11.4. The second kappa shape index (κ2) is 5.41. The Morgan fingerprint density at radius 2 is 1.94 bits per heavy atom. The Labute approximate surface area is 110 Å². The fourth-order valence-electron chi connectivity index (χ4n) is 2.45. The molecule has 2 rings (SSSR count). The van der Waals surface area contributed by atoms with E-state index in [1.165, 1.54) is 11.1 Å². The normalized spacial score (nSPS) is 21.7. The number of rotatable bonds is 3. The minimum absolute atomic E-state index is 0.274. The van der Waals surface area contributed by atoms with Crippen LogP contribution in [0.1, 0.15) is 36.9 Å². The van der Waals surface area contributed by atoms with Gasteiger partial charge in [0.1, 0.15) is 9.84 Å². The maximum atomic E-state index is 11.4. The molecule has 0 spiro atoms. The fourth-order valence-corrected chi connectivity index (χ4v) is 3.94. The van der Waals surface area contributed by atoms with Gasteiger partial charge in [0, 0.05) is 12.1 Å². The van der Waals surface area contributed by atoms with Crippen molar-refractivity contribution in [2.24, 2.45) is 0 Å². The minimum Gasteiger partial charge on any atom is -0.307 e. The van der Waals surface area contributed by atoms with E-state index in [1.807, 2.05) is 0 Å². The van der Waals surface area contributed by atoms with E-state index >= 15 is 0 Å². The van der Waals surface area contributed by atoms with Crippen LogP contribution in [0.2, 0.25) is 0 Å². The Morgan fingerprint density at radius 1 is 1.28 bits per heavy atom. The van der Waals surface area contributed by atoms with E-state index in [0.717, 1.165) is 12.8 Å². The third kappa shape index (κ3) is 3.56. The third-order valence-electron chi connectivity index (χ3n) is 3.58. The lowest BCUT2D eigenvalue weighted by Crippen LogP contribution is -2.38. The summed E-state index contributed by atoms with van der Waals surface area (Å²) in [6.07, 6.45) is 1.47. The molecule has 0 aliphatic carbocycles. The highest BCUT2D eigenvalue weighted by molar-refractivity contribution is 7.91. The Hall–Kier alpha value is -0.870.